The molecule has 0 spiro atoms. The molecule has 3 rings (SSSR count). The van der Waals surface area contributed by atoms with Crippen LogP contribution in [-0.2, 0) is 9.59 Å². The van der Waals surface area contributed by atoms with Crippen molar-refractivity contribution >= 4 is 11.9 Å². The first-order chi connectivity index (χ1) is 10.4. The van der Waals surface area contributed by atoms with Crippen LogP contribution in [0.1, 0.15) is 13.8 Å². The number of likely N-dealkylation sites (N-methyl/N-ethyl adjacent to an activating group) is 1. The van der Waals surface area contributed by atoms with Gasteiger partial charge in [0.25, 0.3) is 0 Å². The standard InChI is InChI=1S/C15H23N3O4/c1-7-10(6-17-4-9(5-17)16-3)13(15(21)22)18-12(7)11(8(2)19)14(18)20/h7-9,11-12,16,19H,4-6H2,1-3H3,(H,21,22)/t7-,8+,11?,12?/m0/s1. The van der Waals surface area contributed by atoms with E-state index in [1.807, 2.05) is 14.0 Å². The first-order valence-electron chi connectivity index (χ1n) is 7.73. The van der Waals surface area contributed by atoms with Gasteiger partial charge in [-0.3, -0.25) is 9.69 Å². The van der Waals surface area contributed by atoms with Crippen molar-refractivity contribution in [2.45, 2.75) is 32.0 Å². The lowest BCUT2D eigenvalue weighted by molar-refractivity contribution is -0.163. The SMILES string of the molecule is CNC1CN(CC2=C(C(=O)O)N3C(=O)C([C@@H](C)O)C3[C@H]2C)C1. The van der Waals surface area contributed by atoms with Crippen molar-refractivity contribution < 1.29 is 19.8 Å². The van der Waals surface area contributed by atoms with E-state index in [0.29, 0.717) is 12.6 Å². The second-order valence-electron chi connectivity index (χ2n) is 6.61. The fourth-order valence-electron chi connectivity index (χ4n) is 3.98. The number of β-lactam (4-membered cyclic amide) rings is 1. The second-order valence-corrected chi connectivity index (χ2v) is 6.61. The predicted octanol–water partition coefficient (Wildman–Crippen LogP) is -0.914. The van der Waals surface area contributed by atoms with Crippen molar-refractivity contribution in [3.8, 4) is 0 Å². The van der Waals surface area contributed by atoms with Crippen LogP contribution in [0.5, 0.6) is 0 Å². The smallest absolute Gasteiger partial charge is 0.352 e. The molecule has 1 amide bonds. The van der Waals surface area contributed by atoms with Crippen LogP contribution in [0.15, 0.2) is 11.3 Å². The molecule has 0 aromatic carbocycles. The summed E-state index contributed by atoms with van der Waals surface area (Å²) in [4.78, 5) is 27.4. The Morgan fingerprint density at radius 2 is 2.09 bits per heavy atom. The van der Waals surface area contributed by atoms with Crippen LogP contribution < -0.4 is 5.32 Å². The number of rotatable bonds is 5. The molecular weight excluding hydrogens is 286 g/mol. The van der Waals surface area contributed by atoms with Gasteiger partial charge in [0.2, 0.25) is 5.91 Å². The lowest BCUT2D eigenvalue weighted by Crippen LogP contribution is -2.63. The minimum Gasteiger partial charge on any atom is -0.477 e. The van der Waals surface area contributed by atoms with Gasteiger partial charge in [0, 0.05) is 31.6 Å². The van der Waals surface area contributed by atoms with Gasteiger partial charge in [-0.1, -0.05) is 6.92 Å². The minimum atomic E-state index is -1.05. The summed E-state index contributed by atoms with van der Waals surface area (Å²) >= 11 is 0. The quantitative estimate of drug-likeness (QED) is 0.569. The molecule has 7 heteroatoms. The van der Waals surface area contributed by atoms with Gasteiger partial charge in [-0.05, 0) is 19.5 Å². The predicted molar refractivity (Wildman–Crippen MR) is 78.9 cm³/mol. The van der Waals surface area contributed by atoms with Gasteiger partial charge in [-0.2, -0.15) is 0 Å². The van der Waals surface area contributed by atoms with E-state index < -0.39 is 18.0 Å². The third-order valence-electron chi connectivity index (χ3n) is 5.28. The first-order valence-corrected chi connectivity index (χ1v) is 7.73. The van der Waals surface area contributed by atoms with Gasteiger partial charge >= 0.3 is 5.97 Å². The van der Waals surface area contributed by atoms with E-state index in [1.54, 1.807) is 6.92 Å². The highest BCUT2D eigenvalue weighted by Gasteiger charge is 2.59. The number of carbonyl (C=O) groups excluding carboxylic acids is 1. The molecule has 4 atom stereocenters. The molecule has 0 aromatic rings. The molecular formula is C15H23N3O4. The Hall–Kier alpha value is -1.44. The molecule has 0 aromatic heterocycles. The number of aliphatic carboxylic acids is 1. The van der Waals surface area contributed by atoms with Crippen LogP contribution >= 0.6 is 0 Å². The zero-order valence-electron chi connectivity index (χ0n) is 13.1. The molecule has 3 N–H and O–H groups in total. The van der Waals surface area contributed by atoms with E-state index in [2.05, 4.69) is 10.2 Å². The summed E-state index contributed by atoms with van der Waals surface area (Å²) in [6.07, 6.45) is -0.747. The number of carbonyl (C=O) groups is 2. The van der Waals surface area contributed by atoms with E-state index in [4.69, 9.17) is 0 Å². The van der Waals surface area contributed by atoms with E-state index in [0.717, 1.165) is 18.7 Å². The van der Waals surface area contributed by atoms with Crippen molar-refractivity contribution in [1.82, 2.24) is 15.1 Å². The van der Waals surface area contributed by atoms with Crippen molar-refractivity contribution in [2.24, 2.45) is 11.8 Å². The number of aliphatic hydroxyl groups is 1. The fraction of sp³-hybridized carbons (Fsp3) is 0.733. The van der Waals surface area contributed by atoms with Crippen molar-refractivity contribution in [3.05, 3.63) is 11.3 Å². The molecule has 0 radical (unpaired) electrons. The number of carboxylic acids is 1. The topological polar surface area (TPSA) is 93.1 Å². The maximum absolute atomic E-state index is 12.2. The van der Waals surface area contributed by atoms with Gasteiger partial charge in [0.15, 0.2) is 0 Å². The number of carboxylic acid groups (broad SMARTS) is 1. The van der Waals surface area contributed by atoms with Crippen LogP contribution in [0, 0.1) is 11.8 Å². The lowest BCUT2D eigenvalue weighted by atomic mass is 9.77. The summed E-state index contributed by atoms with van der Waals surface area (Å²) in [5, 5.41) is 22.5. The summed E-state index contributed by atoms with van der Waals surface area (Å²) in [7, 11) is 1.92. The third-order valence-corrected chi connectivity index (χ3v) is 5.28. The molecule has 3 heterocycles. The van der Waals surface area contributed by atoms with E-state index >= 15 is 0 Å². The summed E-state index contributed by atoms with van der Waals surface area (Å²) in [6.45, 7) is 5.90. The number of amides is 1. The Morgan fingerprint density at radius 1 is 1.45 bits per heavy atom. The molecule has 0 aliphatic carbocycles. The van der Waals surface area contributed by atoms with Crippen LogP contribution in [-0.4, -0.2) is 76.8 Å². The van der Waals surface area contributed by atoms with Crippen molar-refractivity contribution in [2.75, 3.05) is 26.7 Å². The normalized spacial score (nSPS) is 33.5. The Labute approximate surface area is 129 Å². The fourth-order valence-corrected chi connectivity index (χ4v) is 3.98. The Bertz CT molecular complexity index is 539. The number of hydrogen-bond acceptors (Lipinski definition) is 5. The van der Waals surface area contributed by atoms with Gasteiger partial charge in [-0.25, -0.2) is 4.79 Å². The van der Waals surface area contributed by atoms with E-state index in [9.17, 15) is 19.8 Å². The molecule has 22 heavy (non-hydrogen) atoms. The number of nitrogens with one attached hydrogen (secondary N) is 1. The summed E-state index contributed by atoms with van der Waals surface area (Å²) < 4.78 is 0. The van der Waals surface area contributed by atoms with Crippen molar-refractivity contribution in [3.63, 3.8) is 0 Å². The minimum absolute atomic E-state index is 0.0305. The molecule has 2 saturated heterocycles. The van der Waals surface area contributed by atoms with Crippen molar-refractivity contribution in [1.29, 1.82) is 0 Å². The van der Waals surface area contributed by atoms with E-state index in [-0.39, 0.29) is 23.6 Å². The average Bonchev–Trinajstić information content (AvgIpc) is 2.63. The zero-order chi connectivity index (χ0) is 16.2. The highest BCUT2D eigenvalue weighted by atomic mass is 16.4. The Balaban J connectivity index is 1.81. The number of fused-ring (bicyclic) bond motifs is 1. The number of likely N-dealkylation sites (tertiary alicyclic amines) is 1. The number of nitrogens with zero attached hydrogens (tertiary/aromatic N) is 2. The van der Waals surface area contributed by atoms with Gasteiger partial charge in [0.05, 0.1) is 18.1 Å². The van der Waals surface area contributed by atoms with Crippen LogP contribution in [0.2, 0.25) is 0 Å². The molecule has 3 aliphatic heterocycles. The third kappa shape index (κ3) is 2.07. The van der Waals surface area contributed by atoms with Gasteiger partial charge in [0.1, 0.15) is 5.70 Å². The Morgan fingerprint density at radius 3 is 2.59 bits per heavy atom. The monoisotopic (exact) mass is 309 g/mol. The highest BCUT2D eigenvalue weighted by molar-refractivity contribution is 6.00. The average molecular weight is 309 g/mol. The summed E-state index contributed by atoms with van der Waals surface area (Å²) in [6, 6.07) is 0.240. The van der Waals surface area contributed by atoms with Gasteiger partial charge < -0.3 is 20.4 Å². The second kappa shape index (κ2) is 5.33. The maximum Gasteiger partial charge on any atom is 0.352 e. The number of aliphatic hydroxyl groups excluding tert-OH is 1. The van der Waals surface area contributed by atoms with Crippen LogP contribution in [0.3, 0.4) is 0 Å². The molecule has 122 valence electrons. The maximum atomic E-state index is 12.2. The summed E-state index contributed by atoms with van der Waals surface area (Å²) in [5.74, 6) is -1.83. The lowest BCUT2D eigenvalue weighted by Gasteiger charge is -2.46. The van der Waals surface area contributed by atoms with Gasteiger partial charge in [-0.15, -0.1) is 0 Å². The Kier molecular flexibility index (Phi) is 3.74. The number of hydrogen-bond donors (Lipinski definition) is 3. The molecule has 7 nitrogen and oxygen atoms in total. The van der Waals surface area contributed by atoms with E-state index in [1.165, 1.54) is 4.90 Å². The van der Waals surface area contributed by atoms with Crippen LogP contribution in [0.25, 0.3) is 0 Å². The largest absolute Gasteiger partial charge is 0.477 e. The summed E-state index contributed by atoms with van der Waals surface area (Å²) in [5.41, 5.74) is 0.941. The molecule has 3 aliphatic rings. The highest BCUT2D eigenvalue weighted by Crippen LogP contribution is 2.47. The molecule has 2 unspecified atom stereocenters. The molecule has 0 bridgehead atoms. The molecule has 2 fully saturated rings. The zero-order valence-corrected chi connectivity index (χ0v) is 13.1. The van der Waals surface area contributed by atoms with Crippen LogP contribution in [0.4, 0.5) is 0 Å². The first kappa shape index (κ1) is 15.5. The molecule has 0 saturated carbocycles.